The van der Waals surface area contributed by atoms with E-state index in [1.54, 1.807) is 0 Å². The molecule has 0 saturated heterocycles. The molecule has 1 atom stereocenters. The third kappa shape index (κ3) is 16.1. The third-order valence-corrected chi connectivity index (χ3v) is 4.41. The minimum Gasteiger partial charge on any atom is -0.479 e. The molecule has 1 N–H and O–H groups in total. The number of carboxylic acid groups (broad SMARTS) is 1. The molecule has 0 aromatic heterocycles. The summed E-state index contributed by atoms with van der Waals surface area (Å²) in [5, 5.41) is 9.21. The fourth-order valence-corrected chi connectivity index (χ4v) is 2.85. The predicted octanol–water partition coefficient (Wildman–Crippen LogP) is 6.35. The van der Waals surface area contributed by atoms with E-state index in [1.165, 1.54) is 64.2 Å². The van der Waals surface area contributed by atoms with Crippen LogP contribution in [0.3, 0.4) is 0 Å². The predicted molar refractivity (Wildman–Crippen MR) is 98.0 cm³/mol. The fraction of sp³-hybridized carbons (Fsp3) is 0.950. The van der Waals surface area contributed by atoms with E-state index in [9.17, 15) is 9.90 Å². The van der Waals surface area contributed by atoms with E-state index >= 15 is 0 Å². The van der Waals surface area contributed by atoms with Crippen molar-refractivity contribution in [3.05, 3.63) is 0 Å². The molecule has 0 aromatic carbocycles. The van der Waals surface area contributed by atoms with Crippen molar-refractivity contribution in [2.45, 2.75) is 116 Å². The summed E-state index contributed by atoms with van der Waals surface area (Å²) in [7, 11) is 0. The summed E-state index contributed by atoms with van der Waals surface area (Å²) in [6, 6.07) is 0. The maximum atomic E-state index is 11.2. The number of unbranched alkanes of at least 4 members (excludes halogenated alkanes) is 12. The average Bonchev–Trinajstić information content (AvgIpc) is 2.54. The fourth-order valence-electron chi connectivity index (χ4n) is 2.85. The van der Waals surface area contributed by atoms with Crippen LogP contribution in [-0.4, -0.2) is 23.8 Å². The number of aliphatic carboxylic acids is 1. The van der Waals surface area contributed by atoms with Gasteiger partial charge in [0.1, 0.15) is 0 Å². The highest BCUT2D eigenvalue weighted by Gasteiger charge is 2.16. The van der Waals surface area contributed by atoms with Crippen LogP contribution in [0.1, 0.15) is 110 Å². The molecule has 0 amide bonds. The van der Waals surface area contributed by atoms with Crippen molar-refractivity contribution in [3.8, 4) is 0 Å². The van der Waals surface area contributed by atoms with Gasteiger partial charge in [0.15, 0.2) is 6.10 Å². The van der Waals surface area contributed by atoms with E-state index in [0.717, 1.165) is 25.7 Å². The Morgan fingerprint density at radius 1 is 0.739 bits per heavy atom. The first-order valence-corrected chi connectivity index (χ1v) is 10.1. The maximum absolute atomic E-state index is 11.2. The first kappa shape index (κ1) is 22.4. The molecule has 0 rings (SSSR count). The van der Waals surface area contributed by atoms with Crippen LogP contribution in [0.5, 0.6) is 0 Å². The third-order valence-electron chi connectivity index (χ3n) is 4.41. The smallest absolute Gasteiger partial charge is 0.332 e. The van der Waals surface area contributed by atoms with Crippen molar-refractivity contribution in [2.24, 2.45) is 0 Å². The Kier molecular flexibility index (Phi) is 17.3. The largest absolute Gasteiger partial charge is 0.479 e. The van der Waals surface area contributed by atoms with Gasteiger partial charge in [-0.2, -0.15) is 0 Å². The van der Waals surface area contributed by atoms with Gasteiger partial charge in [0.05, 0.1) is 0 Å². The van der Waals surface area contributed by atoms with E-state index in [1.807, 2.05) is 0 Å². The van der Waals surface area contributed by atoms with Gasteiger partial charge in [0.2, 0.25) is 0 Å². The van der Waals surface area contributed by atoms with Crippen LogP contribution in [0, 0.1) is 0 Å². The molecular formula is C20H40O3. The van der Waals surface area contributed by atoms with Crippen molar-refractivity contribution in [2.75, 3.05) is 6.61 Å². The second kappa shape index (κ2) is 17.8. The van der Waals surface area contributed by atoms with E-state index in [2.05, 4.69) is 13.8 Å². The van der Waals surface area contributed by atoms with Crippen LogP contribution in [0.2, 0.25) is 0 Å². The summed E-state index contributed by atoms with van der Waals surface area (Å²) >= 11 is 0. The zero-order valence-electron chi connectivity index (χ0n) is 15.7. The molecule has 138 valence electrons. The number of hydrogen-bond donors (Lipinski definition) is 1. The molecule has 23 heavy (non-hydrogen) atoms. The van der Waals surface area contributed by atoms with Gasteiger partial charge in [0.25, 0.3) is 0 Å². The summed E-state index contributed by atoms with van der Waals surface area (Å²) in [5.41, 5.74) is 0. The van der Waals surface area contributed by atoms with Crippen molar-refractivity contribution < 1.29 is 14.6 Å². The normalized spacial score (nSPS) is 12.4. The van der Waals surface area contributed by atoms with E-state index in [-0.39, 0.29) is 0 Å². The number of carboxylic acids is 1. The van der Waals surface area contributed by atoms with Crippen LogP contribution in [0.15, 0.2) is 0 Å². The highest BCUT2D eigenvalue weighted by atomic mass is 16.5. The van der Waals surface area contributed by atoms with Gasteiger partial charge >= 0.3 is 5.97 Å². The van der Waals surface area contributed by atoms with E-state index in [0.29, 0.717) is 13.0 Å². The van der Waals surface area contributed by atoms with Crippen LogP contribution in [-0.2, 0) is 9.53 Å². The molecule has 3 heteroatoms. The molecule has 0 saturated carbocycles. The van der Waals surface area contributed by atoms with Crippen molar-refractivity contribution in [1.82, 2.24) is 0 Å². The zero-order chi connectivity index (χ0) is 17.2. The highest BCUT2D eigenvalue weighted by Crippen LogP contribution is 2.12. The van der Waals surface area contributed by atoms with Gasteiger partial charge in [-0.3, -0.25) is 0 Å². The molecular weight excluding hydrogens is 288 g/mol. The number of carbonyl (C=O) groups is 1. The summed E-state index contributed by atoms with van der Waals surface area (Å²) in [6.07, 6.45) is 17.3. The van der Waals surface area contributed by atoms with Crippen molar-refractivity contribution in [1.29, 1.82) is 0 Å². The Morgan fingerprint density at radius 3 is 1.65 bits per heavy atom. The second-order valence-corrected chi connectivity index (χ2v) is 6.73. The van der Waals surface area contributed by atoms with Gasteiger partial charge in [-0.25, -0.2) is 4.79 Å². The first-order valence-electron chi connectivity index (χ1n) is 10.1. The molecule has 0 aliphatic carbocycles. The Hall–Kier alpha value is -0.570. The minimum absolute atomic E-state index is 0.592. The molecule has 0 aliphatic heterocycles. The van der Waals surface area contributed by atoms with Crippen molar-refractivity contribution >= 4 is 5.97 Å². The van der Waals surface area contributed by atoms with Gasteiger partial charge < -0.3 is 9.84 Å². The quantitative estimate of drug-likeness (QED) is 0.298. The second-order valence-electron chi connectivity index (χ2n) is 6.73. The van der Waals surface area contributed by atoms with Gasteiger partial charge in [-0.05, 0) is 12.8 Å². The molecule has 0 spiro atoms. The van der Waals surface area contributed by atoms with Gasteiger partial charge in [-0.1, -0.05) is 97.3 Å². The molecule has 1 unspecified atom stereocenters. The lowest BCUT2D eigenvalue weighted by atomic mass is 10.1. The lowest BCUT2D eigenvalue weighted by Crippen LogP contribution is -2.24. The molecule has 3 nitrogen and oxygen atoms in total. The van der Waals surface area contributed by atoms with E-state index in [4.69, 9.17) is 4.74 Å². The molecule has 0 aromatic rings. The number of rotatable bonds is 18. The van der Waals surface area contributed by atoms with Crippen LogP contribution in [0.25, 0.3) is 0 Å². The summed E-state index contributed by atoms with van der Waals surface area (Å²) in [4.78, 5) is 11.2. The Bertz CT molecular complexity index is 253. The number of ether oxygens (including phenoxy) is 1. The molecule has 0 fully saturated rings. The first-order chi connectivity index (χ1) is 11.2. The summed E-state index contributed by atoms with van der Waals surface area (Å²) in [6.45, 7) is 5.04. The highest BCUT2D eigenvalue weighted by molar-refractivity contribution is 5.72. The lowest BCUT2D eigenvalue weighted by Gasteiger charge is -2.13. The molecule has 0 heterocycles. The summed E-state index contributed by atoms with van der Waals surface area (Å²) in [5.74, 6) is -0.793. The van der Waals surface area contributed by atoms with Gasteiger partial charge in [0, 0.05) is 6.61 Å². The van der Waals surface area contributed by atoms with Crippen molar-refractivity contribution in [3.63, 3.8) is 0 Å². The number of hydrogen-bond acceptors (Lipinski definition) is 2. The van der Waals surface area contributed by atoms with Gasteiger partial charge in [-0.15, -0.1) is 0 Å². The Balaban J connectivity index is 3.48. The topological polar surface area (TPSA) is 46.5 Å². The molecule has 0 aliphatic rings. The van der Waals surface area contributed by atoms with E-state index < -0.39 is 12.1 Å². The minimum atomic E-state index is -0.793. The summed E-state index contributed by atoms with van der Waals surface area (Å²) < 4.78 is 5.58. The molecule has 0 radical (unpaired) electrons. The Morgan fingerprint density at radius 2 is 1.17 bits per heavy atom. The van der Waals surface area contributed by atoms with Crippen LogP contribution < -0.4 is 0 Å². The van der Waals surface area contributed by atoms with Crippen LogP contribution >= 0.6 is 0 Å². The zero-order valence-corrected chi connectivity index (χ0v) is 15.7. The van der Waals surface area contributed by atoms with Crippen LogP contribution in [0.4, 0.5) is 0 Å². The monoisotopic (exact) mass is 328 g/mol. The average molecular weight is 329 g/mol. The Labute approximate surface area is 144 Å². The standard InChI is InChI=1S/C20H40O3/c1-3-5-7-9-11-12-14-16-18-23-19(20(21)22)17-15-13-10-8-6-4-2/h19H,3-18H2,1-2H3,(H,21,22). The maximum Gasteiger partial charge on any atom is 0.332 e. The molecule has 0 bridgehead atoms. The SMILES string of the molecule is CCCCCCCCCCOC(CCCCCCCC)C(=O)O. The lowest BCUT2D eigenvalue weighted by molar-refractivity contribution is -0.151.